The van der Waals surface area contributed by atoms with Crippen molar-refractivity contribution in [1.29, 1.82) is 0 Å². The van der Waals surface area contributed by atoms with E-state index in [0.29, 0.717) is 12.2 Å². The van der Waals surface area contributed by atoms with Gasteiger partial charge in [-0.2, -0.15) is 0 Å². The molecule has 0 saturated carbocycles. The molecule has 0 fully saturated rings. The van der Waals surface area contributed by atoms with E-state index in [1.165, 1.54) is 16.0 Å². The first-order chi connectivity index (χ1) is 11.9. The van der Waals surface area contributed by atoms with E-state index in [2.05, 4.69) is 59.9 Å². The van der Waals surface area contributed by atoms with Crippen LogP contribution in [0.25, 0.3) is 0 Å². The predicted octanol–water partition coefficient (Wildman–Crippen LogP) is 5.84. The zero-order valence-corrected chi connectivity index (χ0v) is 17.3. The largest absolute Gasteiger partial charge is 0.294 e. The number of halogens is 1. The molecular formula is C21H22BrNOS. The number of hydrogen-bond acceptors (Lipinski definition) is 3. The lowest BCUT2D eigenvalue weighted by Crippen LogP contribution is -2.42. The van der Waals surface area contributed by atoms with Crippen LogP contribution in [-0.2, 0) is 16.6 Å². The van der Waals surface area contributed by atoms with Crippen LogP contribution in [0, 0.1) is 5.41 Å². The molecular weight excluding hydrogens is 394 g/mol. The van der Waals surface area contributed by atoms with E-state index in [1.54, 1.807) is 11.3 Å². The van der Waals surface area contributed by atoms with Gasteiger partial charge in [0.2, 0.25) is 0 Å². The Labute approximate surface area is 161 Å². The van der Waals surface area contributed by atoms with Crippen molar-refractivity contribution in [2.75, 3.05) is 0 Å². The Morgan fingerprint density at radius 3 is 2.80 bits per heavy atom. The normalized spacial score (nSPS) is 24.9. The van der Waals surface area contributed by atoms with Crippen LogP contribution in [0.4, 0.5) is 0 Å². The minimum atomic E-state index is -0.346. The lowest BCUT2D eigenvalue weighted by atomic mass is 9.59. The molecule has 0 saturated heterocycles. The van der Waals surface area contributed by atoms with Crippen LogP contribution in [0.5, 0.6) is 0 Å². The maximum Gasteiger partial charge on any atom is 0.160 e. The molecule has 0 radical (unpaired) electrons. The molecule has 0 amide bonds. The summed E-state index contributed by atoms with van der Waals surface area (Å²) in [6, 6.07) is 8.46. The van der Waals surface area contributed by atoms with Gasteiger partial charge in [0.1, 0.15) is 0 Å². The standard InChI is InChI=1S/C21H22BrNOS/c1-4-21(14-6-5-7-15(22)9-14)18-13(8-16-19(21)25-12-23-16)10-20(2,3)11-17(18)24/h5-7,9,12H,4,8,10-11H2,1-3H3. The van der Waals surface area contributed by atoms with Gasteiger partial charge in [0.15, 0.2) is 5.78 Å². The summed E-state index contributed by atoms with van der Waals surface area (Å²) in [5.41, 5.74) is 6.37. The van der Waals surface area contributed by atoms with Crippen LogP contribution in [0.3, 0.4) is 0 Å². The van der Waals surface area contributed by atoms with Gasteiger partial charge >= 0.3 is 0 Å². The van der Waals surface area contributed by atoms with Crippen molar-refractivity contribution in [3.63, 3.8) is 0 Å². The Bertz CT molecular complexity index is 895. The molecule has 2 aliphatic rings. The number of allylic oxidation sites excluding steroid dienone is 2. The number of aromatic nitrogens is 1. The lowest BCUT2D eigenvalue weighted by Gasteiger charge is -2.44. The lowest BCUT2D eigenvalue weighted by molar-refractivity contribution is -0.118. The van der Waals surface area contributed by atoms with Gasteiger partial charge in [-0.15, -0.1) is 11.3 Å². The number of nitrogens with zero attached hydrogens (tertiary/aromatic N) is 1. The number of hydrogen-bond donors (Lipinski definition) is 0. The second-order valence-corrected chi connectivity index (χ2v) is 9.76. The van der Waals surface area contributed by atoms with E-state index < -0.39 is 0 Å². The second-order valence-electron chi connectivity index (χ2n) is 7.99. The van der Waals surface area contributed by atoms with Gasteiger partial charge in [-0.1, -0.05) is 54.4 Å². The van der Waals surface area contributed by atoms with Crippen molar-refractivity contribution >= 4 is 33.0 Å². The van der Waals surface area contributed by atoms with E-state index >= 15 is 0 Å². The maximum atomic E-state index is 13.3. The topological polar surface area (TPSA) is 30.0 Å². The summed E-state index contributed by atoms with van der Waals surface area (Å²) >= 11 is 5.32. The summed E-state index contributed by atoms with van der Waals surface area (Å²) in [6.07, 6.45) is 3.33. The van der Waals surface area contributed by atoms with Crippen molar-refractivity contribution in [3.8, 4) is 0 Å². The summed E-state index contributed by atoms with van der Waals surface area (Å²) in [4.78, 5) is 19.3. The highest BCUT2D eigenvalue weighted by Crippen LogP contribution is 2.55. The number of fused-ring (bicyclic) bond motifs is 1. The van der Waals surface area contributed by atoms with Gasteiger partial charge < -0.3 is 0 Å². The first kappa shape index (κ1) is 17.2. The Kier molecular flexibility index (Phi) is 4.04. The smallest absolute Gasteiger partial charge is 0.160 e. The molecule has 0 N–H and O–H groups in total. The third kappa shape index (κ3) is 2.57. The molecule has 1 aromatic carbocycles. The molecule has 2 aromatic rings. The van der Waals surface area contributed by atoms with Gasteiger partial charge in [-0.3, -0.25) is 4.79 Å². The molecule has 1 atom stereocenters. The van der Waals surface area contributed by atoms with Gasteiger partial charge in [-0.25, -0.2) is 4.98 Å². The van der Waals surface area contributed by atoms with Crippen LogP contribution in [0.2, 0.25) is 0 Å². The van der Waals surface area contributed by atoms with E-state index in [-0.39, 0.29) is 10.8 Å². The molecule has 4 heteroatoms. The minimum absolute atomic E-state index is 0.0419. The Balaban J connectivity index is 2.04. The van der Waals surface area contributed by atoms with Crippen molar-refractivity contribution in [1.82, 2.24) is 4.98 Å². The summed E-state index contributed by atoms with van der Waals surface area (Å²) in [6.45, 7) is 6.61. The number of rotatable bonds is 2. The Morgan fingerprint density at radius 2 is 2.08 bits per heavy atom. The predicted molar refractivity (Wildman–Crippen MR) is 106 cm³/mol. The van der Waals surface area contributed by atoms with Crippen LogP contribution in [0.1, 0.15) is 56.2 Å². The molecule has 25 heavy (non-hydrogen) atoms. The average molecular weight is 416 g/mol. The SMILES string of the molecule is CCC1(c2cccc(Br)c2)C2=C(Cc3ncsc31)CC(C)(C)CC2=O. The molecule has 130 valence electrons. The molecule has 0 aliphatic heterocycles. The highest BCUT2D eigenvalue weighted by atomic mass is 79.9. The van der Waals surface area contributed by atoms with E-state index in [4.69, 9.17) is 0 Å². The fourth-order valence-corrected chi connectivity index (χ4v) is 6.28. The zero-order chi connectivity index (χ0) is 17.8. The van der Waals surface area contributed by atoms with Gasteiger partial charge in [0.25, 0.3) is 0 Å². The highest BCUT2D eigenvalue weighted by Gasteiger charge is 2.50. The van der Waals surface area contributed by atoms with E-state index in [1.807, 2.05) is 11.6 Å². The Morgan fingerprint density at radius 1 is 1.28 bits per heavy atom. The molecule has 1 aromatic heterocycles. The second kappa shape index (κ2) is 5.88. The number of thiazole rings is 1. The summed E-state index contributed by atoms with van der Waals surface area (Å²) < 4.78 is 1.06. The van der Waals surface area contributed by atoms with Gasteiger partial charge in [0, 0.05) is 27.8 Å². The van der Waals surface area contributed by atoms with Crippen LogP contribution in [-0.4, -0.2) is 10.8 Å². The third-order valence-electron chi connectivity index (χ3n) is 5.65. The van der Waals surface area contributed by atoms with Crippen molar-refractivity contribution in [2.24, 2.45) is 5.41 Å². The van der Waals surface area contributed by atoms with Crippen LogP contribution < -0.4 is 0 Å². The van der Waals surface area contributed by atoms with E-state index in [0.717, 1.165) is 35.0 Å². The molecule has 0 bridgehead atoms. The number of carbonyl (C=O) groups excluding carboxylic acids is 1. The quantitative estimate of drug-likeness (QED) is 0.615. The molecule has 4 rings (SSSR count). The number of ketones is 1. The number of benzene rings is 1. The van der Waals surface area contributed by atoms with Crippen molar-refractivity contribution in [2.45, 2.75) is 51.9 Å². The first-order valence-corrected chi connectivity index (χ1v) is 10.5. The maximum absolute atomic E-state index is 13.3. The van der Waals surface area contributed by atoms with Crippen molar-refractivity contribution in [3.05, 3.63) is 61.5 Å². The fourth-order valence-electron chi connectivity index (χ4n) is 4.77. The van der Waals surface area contributed by atoms with Crippen LogP contribution >= 0.6 is 27.3 Å². The van der Waals surface area contributed by atoms with Crippen molar-refractivity contribution < 1.29 is 4.79 Å². The fraction of sp³-hybridized carbons (Fsp3) is 0.429. The van der Waals surface area contributed by atoms with E-state index in [9.17, 15) is 4.79 Å². The number of Topliss-reactive ketones (excluding diaryl/α,β-unsaturated/α-hetero) is 1. The van der Waals surface area contributed by atoms with Gasteiger partial charge in [-0.05, 0) is 36.0 Å². The zero-order valence-electron chi connectivity index (χ0n) is 14.9. The monoisotopic (exact) mass is 415 g/mol. The average Bonchev–Trinajstić information content (AvgIpc) is 3.00. The molecule has 1 heterocycles. The van der Waals surface area contributed by atoms with Gasteiger partial charge in [0.05, 0.1) is 16.6 Å². The minimum Gasteiger partial charge on any atom is -0.294 e. The molecule has 2 aliphatic carbocycles. The van der Waals surface area contributed by atoms with Crippen LogP contribution in [0.15, 0.2) is 45.4 Å². The highest BCUT2D eigenvalue weighted by molar-refractivity contribution is 9.10. The first-order valence-electron chi connectivity index (χ1n) is 8.82. The third-order valence-corrected chi connectivity index (χ3v) is 7.17. The summed E-state index contributed by atoms with van der Waals surface area (Å²) in [5.74, 6) is 0.326. The summed E-state index contributed by atoms with van der Waals surface area (Å²) in [5, 5.41) is 0. The Hall–Kier alpha value is -1.26. The molecule has 0 spiro atoms. The number of carbonyl (C=O) groups is 1. The molecule has 1 unspecified atom stereocenters. The molecule has 2 nitrogen and oxygen atoms in total. The summed E-state index contributed by atoms with van der Waals surface area (Å²) in [7, 11) is 0.